The number of nitrogens with one attached hydrogen (secondary N) is 2. The number of aromatic nitrogens is 4. The van der Waals surface area contributed by atoms with Crippen molar-refractivity contribution >= 4 is 40.1 Å². The van der Waals surface area contributed by atoms with Gasteiger partial charge in [-0.3, -0.25) is 24.8 Å². The maximum absolute atomic E-state index is 15.0. The number of anilines is 2. The lowest BCUT2D eigenvalue weighted by molar-refractivity contribution is -0.136. The molecule has 1 saturated carbocycles. The van der Waals surface area contributed by atoms with Crippen molar-refractivity contribution < 1.29 is 23.5 Å². The van der Waals surface area contributed by atoms with E-state index in [0.29, 0.717) is 17.4 Å². The number of H-pyrrole nitrogens is 1. The van der Waals surface area contributed by atoms with Gasteiger partial charge in [-0.25, -0.2) is 14.4 Å². The minimum absolute atomic E-state index is 0.0440. The summed E-state index contributed by atoms with van der Waals surface area (Å²) in [5.74, 6) is 1.25. The Morgan fingerprint density at radius 2 is 1.53 bits per heavy atom. The molecule has 1 aliphatic carbocycles. The molecule has 59 heavy (non-hydrogen) atoms. The van der Waals surface area contributed by atoms with Gasteiger partial charge >= 0.3 is 0 Å². The first kappa shape index (κ1) is 38.1. The first-order chi connectivity index (χ1) is 28.7. The molecular weight excluding hydrogens is 752 g/mol. The summed E-state index contributed by atoms with van der Waals surface area (Å²) >= 11 is 0. The average Bonchev–Trinajstić information content (AvgIpc) is 3.65. The number of hydrogen-bond donors (Lipinski definition) is 2. The zero-order valence-corrected chi connectivity index (χ0v) is 33.8. The van der Waals surface area contributed by atoms with Gasteiger partial charge < -0.3 is 29.2 Å². The molecule has 4 aromatic rings. The molecule has 0 bridgehead atoms. The second-order valence-electron chi connectivity index (χ2n) is 17.9. The smallest absolute Gasteiger partial charge is 0.258 e. The van der Waals surface area contributed by atoms with Crippen molar-refractivity contribution in [2.45, 2.75) is 76.5 Å². The van der Waals surface area contributed by atoms with Crippen molar-refractivity contribution in [2.24, 2.45) is 11.8 Å². The van der Waals surface area contributed by atoms with Gasteiger partial charge in [0.15, 0.2) is 0 Å². The highest BCUT2D eigenvalue weighted by molar-refractivity contribution is 6.06. The molecule has 2 N–H and O–H groups in total. The molecule has 4 saturated heterocycles. The van der Waals surface area contributed by atoms with E-state index in [9.17, 15) is 14.4 Å². The Balaban J connectivity index is 0.676. The van der Waals surface area contributed by atoms with E-state index in [-0.39, 0.29) is 36.5 Å². The van der Waals surface area contributed by atoms with E-state index >= 15 is 4.39 Å². The fraction of sp³-hybridized carbons (Fsp3) is 0.545. The van der Waals surface area contributed by atoms with Crippen LogP contribution in [0.3, 0.4) is 0 Å². The molecule has 7 heterocycles. The number of rotatable bonds is 10. The van der Waals surface area contributed by atoms with Crippen molar-refractivity contribution in [3.63, 3.8) is 0 Å². The number of aromatic amines is 1. The Morgan fingerprint density at radius 3 is 2.20 bits per heavy atom. The molecule has 3 amide bonds. The standard InChI is InChI=1S/C44H53FN10O4/c1-44(12-13-44)59-30-2-4-34-31(22-30)41(50-49-34)35-23-38(47-27-46-35)54-16-10-29(11-17-54)25-52-20-18-51(19-21-52)24-28-8-14-53(15-9-28)36-5-3-33(45)40-32(36)26-55(43(40)58)37-6-7-39(56)48-42(37)57/h2-5,22-23,27-29,37H,6-21,24-26H2,1H3,(H,49,50)(H,48,56,57). The van der Waals surface area contributed by atoms with Crippen LogP contribution in [0.25, 0.3) is 22.3 Å². The van der Waals surface area contributed by atoms with Gasteiger partial charge in [0.2, 0.25) is 11.8 Å². The number of benzene rings is 2. The monoisotopic (exact) mass is 804 g/mol. The van der Waals surface area contributed by atoms with E-state index in [0.717, 1.165) is 144 Å². The molecule has 2 aromatic heterocycles. The predicted molar refractivity (Wildman–Crippen MR) is 221 cm³/mol. The molecular formula is C44H53FN10O4. The van der Waals surface area contributed by atoms with E-state index in [4.69, 9.17) is 4.74 Å². The van der Waals surface area contributed by atoms with Crippen molar-refractivity contribution in [1.82, 2.24) is 40.2 Å². The van der Waals surface area contributed by atoms with Crippen LogP contribution in [0.1, 0.15) is 74.2 Å². The Labute approximate surface area is 343 Å². The topological polar surface area (TPSA) is 143 Å². The molecule has 2 aromatic carbocycles. The Kier molecular flexibility index (Phi) is 9.98. The minimum atomic E-state index is -0.759. The van der Waals surface area contributed by atoms with Crippen molar-refractivity contribution in [2.75, 3.05) is 75.2 Å². The number of imide groups is 1. The second-order valence-corrected chi connectivity index (χ2v) is 17.9. The summed E-state index contributed by atoms with van der Waals surface area (Å²) in [5, 5.41) is 11.1. The van der Waals surface area contributed by atoms with Crippen molar-refractivity contribution in [3.8, 4) is 17.1 Å². The molecule has 0 spiro atoms. The molecule has 310 valence electrons. The minimum Gasteiger partial charge on any atom is -0.488 e. The first-order valence-corrected chi connectivity index (χ1v) is 21.6. The lowest BCUT2D eigenvalue weighted by Crippen LogP contribution is -2.52. The van der Waals surface area contributed by atoms with Crippen molar-refractivity contribution in [1.29, 1.82) is 0 Å². The van der Waals surface area contributed by atoms with Crippen LogP contribution in [-0.4, -0.2) is 130 Å². The molecule has 1 unspecified atom stereocenters. The largest absolute Gasteiger partial charge is 0.488 e. The summed E-state index contributed by atoms with van der Waals surface area (Å²) in [6, 6.07) is 10.6. The maximum Gasteiger partial charge on any atom is 0.258 e. The number of ether oxygens (including phenoxy) is 1. The van der Waals surface area contributed by atoms with Gasteiger partial charge in [-0.2, -0.15) is 5.10 Å². The van der Waals surface area contributed by atoms with Crippen LogP contribution >= 0.6 is 0 Å². The van der Waals surface area contributed by atoms with Crippen LogP contribution < -0.4 is 19.9 Å². The second kappa shape index (κ2) is 15.5. The normalized spacial score (nSPS) is 23.3. The third-order valence-corrected chi connectivity index (χ3v) is 13.8. The van der Waals surface area contributed by atoms with Gasteiger partial charge in [0.25, 0.3) is 5.91 Å². The van der Waals surface area contributed by atoms with Crippen LogP contribution in [0.4, 0.5) is 15.9 Å². The summed E-state index contributed by atoms with van der Waals surface area (Å²) in [6.07, 6.45) is 8.63. The summed E-state index contributed by atoms with van der Waals surface area (Å²) < 4.78 is 21.3. The number of fused-ring (bicyclic) bond motifs is 2. The molecule has 14 nitrogen and oxygen atoms in total. The number of carbonyl (C=O) groups is 3. The fourth-order valence-electron chi connectivity index (χ4n) is 9.96. The lowest BCUT2D eigenvalue weighted by atomic mass is 9.94. The van der Waals surface area contributed by atoms with Gasteiger partial charge in [-0.1, -0.05) is 0 Å². The van der Waals surface area contributed by atoms with Gasteiger partial charge in [0.05, 0.1) is 16.8 Å². The fourth-order valence-corrected chi connectivity index (χ4v) is 9.96. The molecule has 0 radical (unpaired) electrons. The van der Waals surface area contributed by atoms with E-state index in [1.165, 1.54) is 11.0 Å². The average molecular weight is 805 g/mol. The van der Waals surface area contributed by atoms with Gasteiger partial charge in [0.1, 0.15) is 41.0 Å². The lowest BCUT2D eigenvalue weighted by Gasteiger charge is -2.41. The van der Waals surface area contributed by atoms with Gasteiger partial charge in [-0.15, -0.1) is 0 Å². The van der Waals surface area contributed by atoms with E-state index < -0.39 is 23.7 Å². The predicted octanol–water partition coefficient (Wildman–Crippen LogP) is 4.60. The summed E-state index contributed by atoms with van der Waals surface area (Å²) in [7, 11) is 0. The van der Waals surface area contributed by atoms with Gasteiger partial charge in [0, 0.05) is 101 Å². The maximum atomic E-state index is 15.0. The quantitative estimate of drug-likeness (QED) is 0.217. The number of halogens is 1. The van der Waals surface area contributed by atoms with Crippen LogP contribution in [0.15, 0.2) is 42.7 Å². The zero-order valence-electron chi connectivity index (χ0n) is 33.8. The molecule has 5 aliphatic heterocycles. The highest BCUT2D eigenvalue weighted by Gasteiger charge is 2.43. The van der Waals surface area contributed by atoms with Crippen LogP contribution in [0.2, 0.25) is 0 Å². The summed E-state index contributed by atoms with van der Waals surface area (Å²) in [4.78, 5) is 58.3. The number of amides is 3. The molecule has 5 fully saturated rings. The zero-order chi connectivity index (χ0) is 40.3. The number of hydrogen-bond acceptors (Lipinski definition) is 11. The third-order valence-electron chi connectivity index (χ3n) is 13.8. The van der Waals surface area contributed by atoms with Crippen LogP contribution in [-0.2, 0) is 16.1 Å². The molecule has 15 heteroatoms. The Bertz CT molecular complexity index is 2250. The Morgan fingerprint density at radius 1 is 0.831 bits per heavy atom. The molecule has 1 atom stereocenters. The van der Waals surface area contributed by atoms with E-state index in [2.05, 4.69) is 64.1 Å². The van der Waals surface area contributed by atoms with Crippen molar-refractivity contribution in [3.05, 3.63) is 59.7 Å². The van der Waals surface area contributed by atoms with Gasteiger partial charge in [-0.05, 0) is 94.0 Å². The van der Waals surface area contributed by atoms with Crippen LogP contribution in [0, 0.1) is 17.7 Å². The number of nitrogens with zero attached hydrogens (tertiary/aromatic N) is 8. The highest BCUT2D eigenvalue weighted by atomic mass is 19.1. The number of carbonyl (C=O) groups excluding carboxylic acids is 3. The number of piperidine rings is 3. The highest BCUT2D eigenvalue weighted by Crippen LogP contribution is 2.41. The SMILES string of the molecule is CC1(Oc2ccc3[nH]nc(-c4cc(N5CCC(CN6CCN(CC7CCN(c8ccc(F)c9c8CN(C8CCC(=O)NC8=O)C9=O)CC7)CC6)CC5)ncn4)c3c2)CC1. The Hall–Kier alpha value is -5.15. The summed E-state index contributed by atoms with van der Waals surface area (Å²) in [6.45, 7) is 12.6. The summed E-state index contributed by atoms with van der Waals surface area (Å²) in [5.41, 5.74) is 4.17. The first-order valence-electron chi connectivity index (χ1n) is 21.6. The van der Waals surface area contributed by atoms with E-state index in [1.807, 2.05) is 12.1 Å². The molecule has 6 aliphatic rings. The van der Waals surface area contributed by atoms with E-state index in [1.54, 1.807) is 12.4 Å². The third kappa shape index (κ3) is 7.74. The molecule has 10 rings (SSSR count). The number of piperazine rings is 1. The van der Waals surface area contributed by atoms with Crippen LogP contribution in [0.5, 0.6) is 5.75 Å².